The van der Waals surface area contributed by atoms with Gasteiger partial charge in [-0.2, -0.15) is 0 Å². The van der Waals surface area contributed by atoms with Crippen LogP contribution >= 0.6 is 0 Å². The molecule has 2 N–H and O–H groups in total. The van der Waals surface area contributed by atoms with Gasteiger partial charge in [-0.1, -0.05) is 31.0 Å². The molecule has 0 spiro atoms. The Hall–Kier alpha value is -2.17. The fraction of sp³-hybridized carbons (Fsp3) is 0.400. The third-order valence-corrected chi connectivity index (χ3v) is 3.98. The zero-order valence-corrected chi connectivity index (χ0v) is 11.0. The lowest BCUT2D eigenvalue weighted by Gasteiger charge is -2.24. The molecular formula is C15H16N2O3. The lowest BCUT2D eigenvalue weighted by molar-refractivity contribution is -0.131. The largest absolute Gasteiger partial charge is 0.352 e. The Bertz CT molecular complexity index is 576. The van der Waals surface area contributed by atoms with Gasteiger partial charge in [-0.25, -0.2) is 0 Å². The molecule has 5 nitrogen and oxygen atoms in total. The third-order valence-electron chi connectivity index (χ3n) is 3.98. The van der Waals surface area contributed by atoms with Crippen molar-refractivity contribution in [1.29, 1.82) is 0 Å². The van der Waals surface area contributed by atoms with Crippen molar-refractivity contribution in [1.82, 2.24) is 10.6 Å². The van der Waals surface area contributed by atoms with E-state index in [4.69, 9.17) is 0 Å². The zero-order valence-electron chi connectivity index (χ0n) is 11.0. The first-order chi connectivity index (χ1) is 9.66. The molecule has 0 bridgehead atoms. The van der Waals surface area contributed by atoms with Gasteiger partial charge in [0.1, 0.15) is 5.92 Å². The van der Waals surface area contributed by atoms with Crippen LogP contribution in [0.4, 0.5) is 0 Å². The van der Waals surface area contributed by atoms with Crippen LogP contribution in [0.2, 0.25) is 0 Å². The molecule has 1 saturated carbocycles. The Morgan fingerprint density at radius 1 is 1.15 bits per heavy atom. The van der Waals surface area contributed by atoms with Crippen LogP contribution in [-0.4, -0.2) is 23.8 Å². The van der Waals surface area contributed by atoms with Crippen LogP contribution < -0.4 is 10.6 Å². The maximum Gasteiger partial charge on any atom is 0.258 e. The molecule has 1 fully saturated rings. The smallest absolute Gasteiger partial charge is 0.258 e. The first kappa shape index (κ1) is 12.8. The molecule has 3 amide bonds. The normalized spacial score (nSPS) is 22.3. The van der Waals surface area contributed by atoms with E-state index in [2.05, 4.69) is 10.6 Å². The van der Waals surface area contributed by atoms with E-state index in [-0.39, 0.29) is 11.9 Å². The first-order valence-electron chi connectivity index (χ1n) is 6.91. The monoisotopic (exact) mass is 272 g/mol. The fourth-order valence-corrected chi connectivity index (χ4v) is 2.96. The van der Waals surface area contributed by atoms with Gasteiger partial charge >= 0.3 is 0 Å². The van der Waals surface area contributed by atoms with Gasteiger partial charge in [-0.3, -0.25) is 19.7 Å². The van der Waals surface area contributed by atoms with Gasteiger partial charge in [0.2, 0.25) is 11.8 Å². The van der Waals surface area contributed by atoms with Crippen molar-refractivity contribution < 1.29 is 14.4 Å². The molecule has 20 heavy (non-hydrogen) atoms. The van der Waals surface area contributed by atoms with Gasteiger partial charge in [-0.15, -0.1) is 0 Å². The number of hydrogen-bond acceptors (Lipinski definition) is 3. The summed E-state index contributed by atoms with van der Waals surface area (Å²) in [6.07, 6.45) is 4.13. The molecule has 1 aromatic carbocycles. The summed E-state index contributed by atoms with van der Waals surface area (Å²) in [5.41, 5.74) is 0.899. The number of rotatable bonds is 2. The van der Waals surface area contributed by atoms with E-state index in [1.807, 2.05) is 0 Å². The van der Waals surface area contributed by atoms with Crippen molar-refractivity contribution in [2.45, 2.75) is 37.6 Å². The molecule has 1 unspecified atom stereocenters. The van der Waals surface area contributed by atoms with Crippen molar-refractivity contribution in [3.63, 3.8) is 0 Å². The van der Waals surface area contributed by atoms with Crippen molar-refractivity contribution >= 4 is 17.7 Å². The first-order valence-corrected chi connectivity index (χ1v) is 6.91. The summed E-state index contributed by atoms with van der Waals surface area (Å²) in [5.74, 6) is -2.21. The van der Waals surface area contributed by atoms with Crippen molar-refractivity contribution in [2.24, 2.45) is 0 Å². The summed E-state index contributed by atoms with van der Waals surface area (Å²) >= 11 is 0. The van der Waals surface area contributed by atoms with Crippen LogP contribution in [-0.2, 0) is 9.59 Å². The fourth-order valence-electron chi connectivity index (χ4n) is 2.96. The number of carbonyl (C=O) groups is 3. The number of carbonyl (C=O) groups excluding carboxylic acids is 3. The molecule has 1 heterocycles. The highest BCUT2D eigenvalue weighted by Gasteiger charge is 2.37. The number of amides is 3. The maximum atomic E-state index is 12.4. The van der Waals surface area contributed by atoms with Gasteiger partial charge in [0.15, 0.2) is 0 Å². The molecule has 5 heteroatoms. The van der Waals surface area contributed by atoms with Crippen LogP contribution in [0, 0.1) is 0 Å². The topological polar surface area (TPSA) is 75.3 Å². The van der Waals surface area contributed by atoms with Gasteiger partial charge in [0, 0.05) is 11.6 Å². The quantitative estimate of drug-likeness (QED) is 0.625. The molecule has 3 rings (SSSR count). The number of benzene rings is 1. The Kier molecular flexibility index (Phi) is 3.26. The molecule has 0 saturated heterocycles. The van der Waals surface area contributed by atoms with Crippen molar-refractivity contribution in [3.05, 3.63) is 35.4 Å². The van der Waals surface area contributed by atoms with Crippen molar-refractivity contribution in [2.75, 3.05) is 0 Å². The van der Waals surface area contributed by atoms with Crippen LogP contribution in [0.3, 0.4) is 0 Å². The van der Waals surface area contributed by atoms with Gasteiger partial charge in [-0.05, 0) is 24.5 Å². The molecule has 1 aliphatic carbocycles. The van der Waals surface area contributed by atoms with Gasteiger partial charge in [0.05, 0.1) is 0 Å². The highest BCUT2D eigenvalue weighted by molar-refractivity contribution is 6.18. The van der Waals surface area contributed by atoms with Crippen LogP contribution in [0.1, 0.15) is 47.5 Å². The maximum absolute atomic E-state index is 12.4. The molecule has 0 aromatic heterocycles. The van der Waals surface area contributed by atoms with Crippen LogP contribution in [0.15, 0.2) is 24.3 Å². The molecule has 1 aromatic rings. The zero-order chi connectivity index (χ0) is 14.1. The van der Waals surface area contributed by atoms with Gasteiger partial charge in [0.25, 0.3) is 5.91 Å². The van der Waals surface area contributed by atoms with E-state index < -0.39 is 17.7 Å². The average Bonchev–Trinajstić information content (AvgIpc) is 2.91. The lowest BCUT2D eigenvalue weighted by Crippen LogP contribution is -2.48. The summed E-state index contributed by atoms with van der Waals surface area (Å²) in [7, 11) is 0. The second-order valence-corrected chi connectivity index (χ2v) is 5.33. The second kappa shape index (κ2) is 5.07. The van der Waals surface area contributed by atoms with E-state index in [1.54, 1.807) is 24.3 Å². The summed E-state index contributed by atoms with van der Waals surface area (Å²) in [5, 5.41) is 5.18. The Morgan fingerprint density at radius 3 is 2.60 bits per heavy atom. The molecule has 1 aliphatic heterocycles. The highest BCUT2D eigenvalue weighted by Crippen LogP contribution is 2.26. The Balaban J connectivity index is 1.87. The number of nitrogens with one attached hydrogen (secondary N) is 2. The minimum Gasteiger partial charge on any atom is -0.352 e. The summed E-state index contributed by atoms with van der Waals surface area (Å²) in [6, 6.07) is 6.92. The average molecular weight is 272 g/mol. The van der Waals surface area contributed by atoms with E-state index >= 15 is 0 Å². The minimum absolute atomic E-state index is 0.153. The van der Waals surface area contributed by atoms with Crippen LogP contribution in [0.25, 0.3) is 0 Å². The predicted molar refractivity (Wildman–Crippen MR) is 72.1 cm³/mol. The van der Waals surface area contributed by atoms with E-state index in [1.165, 1.54) is 0 Å². The summed E-state index contributed by atoms with van der Waals surface area (Å²) in [4.78, 5) is 36.1. The van der Waals surface area contributed by atoms with E-state index in [0.29, 0.717) is 11.1 Å². The van der Waals surface area contributed by atoms with Gasteiger partial charge < -0.3 is 5.32 Å². The highest BCUT2D eigenvalue weighted by atomic mass is 16.2. The van der Waals surface area contributed by atoms with Crippen molar-refractivity contribution in [3.8, 4) is 0 Å². The summed E-state index contributed by atoms with van der Waals surface area (Å²) < 4.78 is 0. The molecule has 2 aliphatic rings. The number of hydrogen-bond donors (Lipinski definition) is 2. The van der Waals surface area contributed by atoms with E-state index in [0.717, 1.165) is 25.7 Å². The number of imide groups is 1. The van der Waals surface area contributed by atoms with E-state index in [9.17, 15) is 14.4 Å². The Morgan fingerprint density at radius 2 is 1.85 bits per heavy atom. The summed E-state index contributed by atoms with van der Waals surface area (Å²) in [6.45, 7) is 0. The van der Waals surface area contributed by atoms with Crippen LogP contribution in [0.5, 0.6) is 0 Å². The standard InChI is InChI=1S/C15H16N2O3/c18-13-11-8-4-3-7-10(11)12(15(20)17-13)14(19)16-9-5-1-2-6-9/h3-4,7-9,12H,1-2,5-6H2,(H,16,19)(H,17,18,20). The SMILES string of the molecule is O=C1NC(=O)C(C(=O)NC2CCCC2)c2ccccc21. The number of fused-ring (bicyclic) bond motifs is 1. The Labute approximate surface area is 116 Å². The molecular weight excluding hydrogens is 256 g/mol. The third kappa shape index (κ3) is 2.19. The lowest BCUT2D eigenvalue weighted by atomic mass is 9.89. The molecule has 0 radical (unpaired) electrons. The molecule has 1 atom stereocenters. The predicted octanol–water partition coefficient (Wildman–Crippen LogP) is 1.10. The second-order valence-electron chi connectivity index (χ2n) is 5.33. The molecule has 104 valence electrons. The minimum atomic E-state index is -0.926.